The van der Waals surface area contributed by atoms with Crippen LogP contribution in [0, 0.1) is 15.5 Å². The van der Waals surface area contributed by atoms with Crippen LogP contribution >= 0.6 is 15.9 Å². The number of nitrogens with one attached hydrogen (secondary N) is 1. The number of methoxy groups -OCH3 is 1. The number of para-hydroxylation sites is 1. The summed E-state index contributed by atoms with van der Waals surface area (Å²) in [5.41, 5.74) is 0.959. The Morgan fingerprint density at radius 1 is 1.33 bits per heavy atom. The topological polar surface area (TPSA) is 127 Å². The van der Waals surface area contributed by atoms with Gasteiger partial charge in [0.25, 0.3) is 11.6 Å². The van der Waals surface area contributed by atoms with Gasteiger partial charge in [-0.2, -0.15) is 4.99 Å². The highest BCUT2D eigenvalue weighted by atomic mass is 79.9. The number of amides is 1. The summed E-state index contributed by atoms with van der Waals surface area (Å²) in [5, 5.41) is 20.7. The van der Waals surface area contributed by atoms with E-state index in [-0.39, 0.29) is 29.5 Å². The van der Waals surface area contributed by atoms with Gasteiger partial charge in [-0.15, -0.1) is 5.06 Å². The number of hydrogen-bond donors (Lipinski definition) is 1. The summed E-state index contributed by atoms with van der Waals surface area (Å²) in [6, 6.07) is 9.61. The van der Waals surface area contributed by atoms with E-state index in [4.69, 9.17) is 19.7 Å². The van der Waals surface area contributed by atoms with Gasteiger partial charge in [0, 0.05) is 12.1 Å². The first-order valence-electron chi connectivity index (χ1n) is 9.61. The minimum absolute atomic E-state index is 0.0444. The van der Waals surface area contributed by atoms with Crippen molar-refractivity contribution in [2.45, 2.75) is 13.5 Å². The lowest BCUT2D eigenvalue weighted by Gasteiger charge is -2.23. The van der Waals surface area contributed by atoms with E-state index in [1.165, 1.54) is 24.3 Å². The molecule has 0 aliphatic carbocycles. The van der Waals surface area contributed by atoms with Crippen molar-refractivity contribution in [2.75, 3.05) is 7.11 Å². The summed E-state index contributed by atoms with van der Waals surface area (Å²) in [6.07, 6.45) is 3.08. The van der Waals surface area contributed by atoms with Crippen LogP contribution in [-0.2, 0) is 16.2 Å². The number of allylic oxidation sites excluding steroid dienone is 1. The fraction of sp³-hybridized carbons (Fsp3) is 0.136. The highest BCUT2D eigenvalue weighted by Gasteiger charge is 2.34. The lowest BCUT2D eigenvalue weighted by atomic mass is 10.1. The van der Waals surface area contributed by atoms with Gasteiger partial charge in [0.15, 0.2) is 23.2 Å². The number of carbonyl (C=O) groups excluding carboxylic acids is 1. The van der Waals surface area contributed by atoms with Crippen LogP contribution in [0.15, 0.2) is 63.3 Å². The molecule has 0 atom stereocenters. The number of halogens is 1. The molecule has 1 N–H and O–H groups in total. The van der Waals surface area contributed by atoms with Crippen LogP contribution in [0.5, 0.6) is 11.5 Å². The summed E-state index contributed by atoms with van der Waals surface area (Å²) in [6.45, 7) is 1.65. The number of nitrogens with zero attached hydrogens (tertiary/aromatic N) is 3. The molecular formula is C22H17BrN4O6. The van der Waals surface area contributed by atoms with Gasteiger partial charge in [0.1, 0.15) is 12.4 Å². The Morgan fingerprint density at radius 2 is 2.09 bits per heavy atom. The maximum atomic E-state index is 12.5. The molecule has 0 saturated carbocycles. The van der Waals surface area contributed by atoms with Crippen molar-refractivity contribution in [3.63, 3.8) is 0 Å². The Labute approximate surface area is 196 Å². The van der Waals surface area contributed by atoms with Crippen LogP contribution < -0.4 is 9.47 Å². The quantitative estimate of drug-likeness (QED) is 0.345. The summed E-state index contributed by atoms with van der Waals surface area (Å²) < 4.78 is 11.8. The Morgan fingerprint density at radius 3 is 2.82 bits per heavy atom. The van der Waals surface area contributed by atoms with E-state index in [9.17, 15) is 14.9 Å². The molecule has 0 unspecified atom stereocenters. The number of hydrogen-bond acceptors (Lipinski definition) is 7. The van der Waals surface area contributed by atoms with E-state index in [1.807, 2.05) is 0 Å². The zero-order valence-corrected chi connectivity index (χ0v) is 19.1. The summed E-state index contributed by atoms with van der Waals surface area (Å²) in [4.78, 5) is 32.6. The first kappa shape index (κ1) is 22.2. The number of aliphatic imine (C=N–C) groups is 1. The molecule has 11 heteroatoms. The van der Waals surface area contributed by atoms with Crippen LogP contribution in [0.4, 0.5) is 5.69 Å². The molecule has 2 heterocycles. The number of fused-ring (bicyclic) bond motifs is 1. The molecule has 2 aromatic rings. The van der Waals surface area contributed by atoms with Crippen LogP contribution in [0.3, 0.4) is 0 Å². The molecule has 168 valence electrons. The first-order chi connectivity index (χ1) is 15.8. The van der Waals surface area contributed by atoms with Crippen molar-refractivity contribution < 1.29 is 24.0 Å². The van der Waals surface area contributed by atoms with Crippen LogP contribution in [0.2, 0.25) is 0 Å². The SMILES string of the molecule is COc1cc(/C=C2/C(=N)N3OC(C)=CC3=NC2=O)cc(Br)c1OCc1ccccc1[N+](=O)[O-]. The highest BCUT2D eigenvalue weighted by molar-refractivity contribution is 9.10. The van der Waals surface area contributed by atoms with Crippen molar-refractivity contribution >= 4 is 45.3 Å². The minimum Gasteiger partial charge on any atom is -0.493 e. The second-order valence-electron chi connectivity index (χ2n) is 7.03. The highest BCUT2D eigenvalue weighted by Crippen LogP contribution is 2.38. The second-order valence-corrected chi connectivity index (χ2v) is 7.89. The molecule has 2 aliphatic rings. The van der Waals surface area contributed by atoms with E-state index in [0.29, 0.717) is 32.9 Å². The predicted molar refractivity (Wildman–Crippen MR) is 123 cm³/mol. The molecule has 0 fully saturated rings. The molecule has 2 aromatic carbocycles. The average Bonchev–Trinajstić information content (AvgIpc) is 3.15. The van der Waals surface area contributed by atoms with Gasteiger partial charge in [0.2, 0.25) is 0 Å². The largest absolute Gasteiger partial charge is 0.493 e. The van der Waals surface area contributed by atoms with Crippen molar-refractivity contribution in [3.05, 3.63) is 79.5 Å². The Bertz CT molecular complexity index is 1280. The van der Waals surface area contributed by atoms with E-state index in [2.05, 4.69) is 20.9 Å². The van der Waals surface area contributed by atoms with E-state index in [1.54, 1.807) is 43.3 Å². The first-order valence-corrected chi connectivity index (χ1v) is 10.4. The maximum absolute atomic E-state index is 12.5. The molecule has 10 nitrogen and oxygen atoms in total. The van der Waals surface area contributed by atoms with Gasteiger partial charge in [-0.05, 0) is 52.7 Å². The Kier molecular flexibility index (Phi) is 5.97. The number of carbonyl (C=O) groups is 1. The number of benzene rings is 2. The third-order valence-corrected chi connectivity index (χ3v) is 5.39. The standard InChI is InChI=1S/C22H17BrN4O6/c1-12-7-19-25-22(28)15(21(24)26(19)33-12)8-13-9-16(23)20(18(10-13)31-2)32-11-14-5-3-4-6-17(14)27(29)30/h3-10,24H,11H2,1-2H3/b15-8-,24-21?. The van der Waals surface area contributed by atoms with Crippen molar-refractivity contribution in [2.24, 2.45) is 4.99 Å². The molecule has 4 rings (SSSR count). The van der Waals surface area contributed by atoms with Gasteiger partial charge in [0.05, 0.1) is 27.6 Å². The fourth-order valence-electron chi connectivity index (χ4n) is 3.29. The molecule has 2 aliphatic heterocycles. The smallest absolute Gasteiger partial charge is 0.282 e. The minimum atomic E-state index is -0.562. The second kappa shape index (κ2) is 8.87. The Balaban J connectivity index is 1.62. The zero-order valence-electron chi connectivity index (χ0n) is 17.5. The molecule has 0 spiro atoms. The summed E-state index contributed by atoms with van der Waals surface area (Å²) in [7, 11) is 1.45. The number of nitro benzene ring substituents is 1. The molecule has 1 amide bonds. The molecule has 0 bridgehead atoms. The van der Waals surface area contributed by atoms with E-state index in [0.717, 1.165) is 0 Å². The van der Waals surface area contributed by atoms with Crippen LogP contribution in [0.25, 0.3) is 6.08 Å². The Hall–Kier alpha value is -3.99. The molecule has 0 aromatic heterocycles. The molecular weight excluding hydrogens is 496 g/mol. The third kappa shape index (κ3) is 4.35. The fourth-order valence-corrected chi connectivity index (χ4v) is 3.87. The van der Waals surface area contributed by atoms with Gasteiger partial charge < -0.3 is 14.3 Å². The lowest BCUT2D eigenvalue weighted by Crippen LogP contribution is -2.38. The maximum Gasteiger partial charge on any atom is 0.282 e. The molecule has 0 radical (unpaired) electrons. The zero-order chi connectivity index (χ0) is 23.7. The predicted octanol–water partition coefficient (Wildman–Crippen LogP) is 4.40. The van der Waals surface area contributed by atoms with Crippen LogP contribution in [-0.4, -0.2) is 34.7 Å². The number of amidine groups is 2. The molecule has 0 saturated heterocycles. The van der Waals surface area contributed by atoms with Gasteiger partial charge >= 0.3 is 0 Å². The number of ether oxygens (including phenoxy) is 2. The average molecular weight is 513 g/mol. The van der Waals surface area contributed by atoms with Crippen molar-refractivity contribution in [3.8, 4) is 11.5 Å². The number of hydroxylamine groups is 2. The normalized spacial score (nSPS) is 16.2. The molecule has 33 heavy (non-hydrogen) atoms. The van der Waals surface area contributed by atoms with Gasteiger partial charge in [-0.25, -0.2) is 0 Å². The summed E-state index contributed by atoms with van der Waals surface area (Å²) in [5.74, 6) is 0.765. The van der Waals surface area contributed by atoms with Crippen molar-refractivity contribution in [1.29, 1.82) is 5.41 Å². The van der Waals surface area contributed by atoms with Gasteiger partial charge in [-0.3, -0.25) is 20.3 Å². The van der Waals surface area contributed by atoms with E-state index >= 15 is 0 Å². The van der Waals surface area contributed by atoms with Crippen LogP contribution in [0.1, 0.15) is 18.1 Å². The van der Waals surface area contributed by atoms with Gasteiger partial charge in [-0.1, -0.05) is 12.1 Å². The number of rotatable bonds is 6. The number of nitro groups is 1. The lowest BCUT2D eigenvalue weighted by molar-refractivity contribution is -0.385. The van der Waals surface area contributed by atoms with Crippen molar-refractivity contribution in [1.82, 2.24) is 5.06 Å². The monoisotopic (exact) mass is 512 g/mol. The summed E-state index contributed by atoms with van der Waals surface area (Å²) >= 11 is 3.43. The van der Waals surface area contributed by atoms with E-state index < -0.39 is 10.8 Å². The third-order valence-electron chi connectivity index (χ3n) is 4.80.